The van der Waals surface area contributed by atoms with Crippen molar-refractivity contribution in [3.63, 3.8) is 0 Å². The maximum atomic E-state index is 12.5. The molecule has 1 unspecified atom stereocenters. The molecule has 5 nitrogen and oxygen atoms in total. The lowest BCUT2D eigenvalue weighted by molar-refractivity contribution is -0.117. The van der Waals surface area contributed by atoms with Gasteiger partial charge in [-0.25, -0.2) is 0 Å². The number of rotatable bonds is 4. The van der Waals surface area contributed by atoms with E-state index < -0.39 is 6.10 Å². The topological polar surface area (TPSA) is 60.9 Å². The lowest BCUT2D eigenvalue weighted by atomic mass is 10.1. The van der Waals surface area contributed by atoms with Gasteiger partial charge in [0.2, 0.25) is 5.91 Å². The molecule has 1 aliphatic rings. The van der Waals surface area contributed by atoms with Gasteiger partial charge in [0.15, 0.2) is 0 Å². The summed E-state index contributed by atoms with van der Waals surface area (Å²) in [6, 6.07) is 7.07. The second-order valence-corrected chi connectivity index (χ2v) is 4.86. The van der Waals surface area contributed by atoms with Crippen molar-refractivity contribution in [1.29, 1.82) is 0 Å². The Hall–Kier alpha value is -1.88. The quantitative estimate of drug-likeness (QED) is 0.900. The number of benzene rings is 1. The summed E-state index contributed by atoms with van der Waals surface area (Å²) < 4.78 is 0. The zero-order valence-electron chi connectivity index (χ0n) is 11.9. The van der Waals surface area contributed by atoms with E-state index in [2.05, 4.69) is 0 Å². The third kappa shape index (κ3) is 2.67. The average molecular weight is 276 g/mol. The van der Waals surface area contributed by atoms with Crippen LogP contribution in [0.3, 0.4) is 0 Å². The molecule has 1 N–H and O–H groups in total. The number of hydrogen-bond donors (Lipinski definition) is 1. The number of anilines is 1. The summed E-state index contributed by atoms with van der Waals surface area (Å²) >= 11 is 0. The van der Waals surface area contributed by atoms with E-state index in [1.807, 2.05) is 13.8 Å². The van der Waals surface area contributed by atoms with Crippen LogP contribution in [0.15, 0.2) is 24.3 Å². The van der Waals surface area contributed by atoms with Crippen molar-refractivity contribution in [2.75, 3.05) is 24.5 Å². The zero-order valence-corrected chi connectivity index (χ0v) is 11.9. The van der Waals surface area contributed by atoms with E-state index in [4.69, 9.17) is 0 Å². The Morgan fingerprint density at radius 2 is 2.00 bits per heavy atom. The van der Waals surface area contributed by atoms with E-state index in [0.717, 1.165) is 0 Å². The van der Waals surface area contributed by atoms with Gasteiger partial charge in [0.25, 0.3) is 5.91 Å². The van der Waals surface area contributed by atoms with Crippen LogP contribution < -0.4 is 4.90 Å². The molecule has 0 bridgehead atoms. The predicted molar refractivity (Wildman–Crippen MR) is 76.7 cm³/mol. The molecular formula is C15H20N2O3. The molecular weight excluding hydrogens is 256 g/mol. The Balaban J connectivity index is 2.36. The maximum Gasteiger partial charge on any atom is 0.255 e. The lowest BCUT2D eigenvalue weighted by Crippen LogP contribution is -2.33. The smallest absolute Gasteiger partial charge is 0.255 e. The molecule has 5 heteroatoms. The summed E-state index contributed by atoms with van der Waals surface area (Å²) in [4.78, 5) is 27.6. The summed E-state index contributed by atoms with van der Waals surface area (Å²) in [5, 5.41) is 9.60. The van der Waals surface area contributed by atoms with Gasteiger partial charge in [-0.3, -0.25) is 9.59 Å². The number of hydrogen-bond acceptors (Lipinski definition) is 3. The van der Waals surface area contributed by atoms with Crippen LogP contribution in [0.5, 0.6) is 0 Å². The molecule has 0 spiro atoms. The predicted octanol–water partition coefficient (Wildman–Crippen LogP) is 1.27. The Labute approximate surface area is 118 Å². The van der Waals surface area contributed by atoms with Crippen LogP contribution in [-0.4, -0.2) is 47.6 Å². The summed E-state index contributed by atoms with van der Waals surface area (Å²) in [7, 11) is 0. The zero-order chi connectivity index (χ0) is 14.7. The van der Waals surface area contributed by atoms with Crippen molar-refractivity contribution in [1.82, 2.24) is 4.90 Å². The molecule has 1 heterocycles. The molecule has 2 amide bonds. The van der Waals surface area contributed by atoms with Crippen LogP contribution in [0.25, 0.3) is 0 Å². The van der Waals surface area contributed by atoms with E-state index in [0.29, 0.717) is 24.3 Å². The number of nitrogens with zero attached hydrogens (tertiary/aromatic N) is 2. The maximum absolute atomic E-state index is 12.5. The molecule has 2 rings (SSSR count). The molecule has 0 saturated carbocycles. The van der Waals surface area contributed by atoms with Gasteiger partial charge in [-0.15, -0.1) is 0 Å². The number of β-amino-alcohol motifs (C(OH)–C–C–N with tert-alkyl or cyclic N) is 1. The third-order valence-corrected chi connectivity index (χ3v) is 3.58. The van der Waals surface area contributed by atoms with Gasteiger partial charge >= 0.3 is 0 Å². The highest BCUT2D eigenvalue weighted by Gasteiger charge is 2.31. The molecule has 1 aromatic carbocycles. The number of aliphatic hydroxyl groups is 1. The minimum Gasteiger partial charge on any atom is -0.391 e. The summed E-state index contributed by atoms with van der Waals surface area (Å²) in [5.74, 6) is -0.225. The Morgan fingerprint density at radius 3 is 2.55 bits per heavy atom. The molecule has 20 heavy (non-hydrogen) atoms. The van der Waals surface area contributed by atoms with Crippen LogP contribution in [-0.2, 0) is 4.79 Å². The van der Waals surface area contributed by atoms with Gasteiger partial charge in [0, 0.05) is 13.1 Å². The molecule has 1 aliphatic heterocycles. The number of carbonyl (C=O) groups excluding carboxylic acids is 2. The average Bonchev–Trinajstić information content (AvgIpc) is 2.79. The molecule has 0 radical (unpaired) electrons. The Morgan fingerprint density at radius 1 is 1.35 bits per heavy atom. The molecule has 0 aliphatic carbocycles. The molecule has 1 saturated heterocycles. The highest BCUT2D eigenvalue weighted by molar-refractivity contribution is 6.05. The fourth-order valence-corrected chi connectivity index (χ4v) is 2.49. The van der Waals surface area contributed by atoms with Crippen LogP contribution in [0.1, 0.15) is 30.6 Å². The van der Waals surface area contributed by atoms with E-state index >= 15 is 0 Å². The number of aliphatic hydroxyl groups excluding tert-OH is 1. The highest BCUT2D eigenvalue weighted by Crippen LogP contribution is 2.26. The van der Waals surface area contributed by atoms with Crippen molar-refractivity contribution in [3.05, 3.63) is 29.8 Å². The first-order valence-corrected chi connectivity index (χ1v) is 6.95. The first-order chi connectivity index (χ1) is 9.58. The van der Waals surface area contributed by atoms with Crippen molar-refractivity contribution >= 4 is 17.5 Å². The Kier molecular flexibility index (Phi) is 4.39. The van der Waals surface area contributed by atoms with Gasteiger partial charge in [-0.2, -0.15) is 0 Å². The standard InChI is InChI=1S/C15H20N2O3/c1-3-16(4-2)15(20)12-7-5-6-8-13(12)17-10-11(18)9-14(17)19/h5-8,11,18H,3-4,9-10H2,1-2H3. The highest BCUT2D eigenvalue weighted by atomic mass is 16.3. The van der Waals surface area contributed by atoms with Crippen molar-refractivity contribution in [2.24, 2.45) is 0 Å². The number of carbonyl (C=O) groups is 2. The summed E-state index contributed by atoms with van der Waals surface area (Å²) in [6.45, 7) is 5.35. The summed E-state index contributed by atoms with van der Waals surface area (Å²) in [5.41, 5.74) is 1.10. The first kappa shape index (κ1) is 14.5. The van der Waals surface area contributed by atoms with E-state index in [-0.39, 0.29) is 24.8 Å². The van der Waals surface area contributed by atoms with Gasteiger partial charge in [-0.05, 0) is 26.0 Å². The SMILES string of the molecule is CCN(CC)C(=O)c1ccccc1N1CC(O)CC1=O. The largest absolute Gasteiger partial charge is 0.391 e. The number of amides is 2. The Bertz CT molecular complexity index is 512. The fraction of sp³-hybridized carbons (Fsp3) is 0.467. The van der Waals surface area contributed by atoms with Crippen LogP contribution >= 0.6 is 0 Å². The van der Waals surface area contributed by atoms with Gasteiger partial charge in [-0.1, -0.05) is 12.1 Å². The second kappa shape index (κ2) is 6.05. The van der Waals surface area contributed by atoms with Crippen LogP contribution in [0.4, 0.5) is 5.69 Å². The molecule has 108 valence electrons. The minimum atomic E-state index is -0.654. The van der Waals surface area contributed by atoms with Crippen LogP contribution in [0.2, 0.25) is 0 Å². The van der Waals surface area contributed by atoms with Gasteiger partial charge in [0.05, 0.1) is 30.3 Å². The van der Waals surface area contributed by atoms with Crippen LogP contribution in [0, 0.1) is 0 Å². The van der Waals surface area contributed by atoms with Gasteiger partial charge < -0.3 is 14.9 Å². The van der Waals surface area contributed by atoms with E-state index in [9.17, 15) is 14.7 Å². The molecule has 0 aromatic heterocycles. The fourth-order valence-electron chi connectivity index (χ4n) is 2.49. The monoisotopic (exact) mass is 276 g/mol. The van der Waals surface area contributed by atoms with Crippen molar-refractivity contribution < 1.29 is 14.7 Å². The minimum absolute atomic E-state index is 0.0835. The lowest BCUT2D eigenvalue weighted by Gasteiger charge is -2.24. The van der Waals surface area contributed by atoms with Crippen molar-refractivity contribution in [2.45, 2.75) is 26.4 Å². The van der Waals surface area contributed by atoms with Crippen molar-refractivity contribution in [3.8, 4) is 0 Å². The van der Waals surface area contributed by atoms with Gasteiger partial charge in [0.1, 0.15) is 0 Å². The third-order valence-electron chi connectivity index (χ3n) is 3.58. The molecule has 1 atom stereocenters. The normalized spacial score (nSPS) is 18.4. The molecule has 1 aromatic rings. The second-order valence-electron chi connectivity index (χ2n) is 4.86. The summed E-state index contributed by atoms with van der Waals surface area (Å²) in [6.07, 6.45) is -0.535. The molecule has 1 fully saturated rings. The first-order valence-electron chi connectivity index (χ1n) is 6.95. The van der Waals surface area contributed by atoms with E-state index in [1.54, 1.807) is 29.2 Å². The number of para-hydroxylation sites is 1. The van der Waals surface area contributed by atoms with E-state index in [1.165, 1.54) is 4.90 Å².